The van der Waals surface area contributed by atoms with E-state index in [2.05, 4.69) is 4.74 Å². The number of ether oxygens (including phenoxy) is 2. The highest BCUT2D eigenvalue weighted by atomic mass is 16.5. The summed E-state index contributed by atoms with van der Waals surface area (Å²) in [6, 6.07) is 0. The van der Waals surface area contributed by atoms with Crippen LogP contribution in [0.2, 0.25) is 0 Å². The lowest BCUT2D eigenvalue weighted by atomic mass is 9.88. The number of carboxylic acid groups (broad SMARTS) is 3. The zero-order valence-electron chi connectivity index (χ0n) is 39.2. The van der Waals surface area contributed by atoms with E-state index < -0.39 is 17.9 Å². The van der Waals surface area contributed by atoms with E-state index >= 15 is 0 Å². The minimum absolute atomic E-state index is 0.0104. The Balaban J connectivity index is 0.000000440. The van der Waals surface area contributed by atoms with Crippen LogP contribution in [0.4, 0.5) is 0 Å². The van der Waals surface area contributed by atoms with Crippen LogP contribution >= 0.6 is 0 Å². The second-order valence-corrected chi connectivity index (χ2v) is 17.6. The van der Waals surface area contributed by atoms with Gasteiger partial charge in [0.05, 0.1) is 7.11 Å². The van der Waals surface area contributed by atoms with Crippen molar-refractivity contribution in [1.29, 1.82) is 0 Å². The van der Waals surface area contributed by atoms with Gasteiger partial charge in [-0.3, -0.25) is 38.4 Å². The molecule has 4 rings (SSSR count). The highest BCUT2D eigenvalue weighted by molar-refractivity contribution is 5.86. The SMILES string of the molecule is COC(=O)CC1CCC(=O)C1C/C=C\CCO.COCC/C=C\CC1C(=O)CCC1CC(=O)O.O=C(O)CC1CCC(=O)C1C/C=C\CCO.O=C(O)CC1CCC(=O)C1CCCCCO. The Morgan fingerprint density at radius 1 is 0.485 bits per heavy atom. The molecular weight excluding hydrogens is 857 g/mol. The van der Waals surface area contributed by atoms with Crippen LogP contribution in [-0.2, 0) is 47.8 Å². The number of aliphatic hydroxyl groups is 3. The molecule has 8 unspecified atom stereocenters. The molecule has 4 aliphatic rings. The van der Waals surface area contributed by atoms with E-state index in [1.165, 1.54) is 7.11 Å². The van der Waals surface area contributed by atoms with Gasteiger partial charge in [0.2, 0.25) is 0 Å². The monoisotopic (exact) mass is 935 g/mol. The van der Waals surface area contributed by atoms with Gasteiger partial charge in [-0.1, -0.05) is 49.3 Å². The lowest BCUT2D eigenvalue weighted by Gasteiger charge is -2.16. The van der Waals surface area contributed by atoms with Crippen LogP contribution < -0.4 is 0 Å². The highest BCUT2D eigenvalue weighted by Crippen LogP contribution is 2.37. The predicted molar refractivity (Wildman–Crippen MR) is 245 cm³/mol. The molecular formula is C50H78O16. The maximum atomic E-state index is 11.7. The van der Waals surface area contributed by atoms with Gasteiger partial charge in [0, 0.05) is 109 Å². The number of unbranched alkanes of at least 4 members (excludes halogenated alkanes) is 2. The Labute approximate surface area is 390 Å². The summed E-state index contributed by atoms with van der Waals surface area (Å²) < 4.78 is 9.55. The fraction of sp³-hybridized carbons (Fsp3) is 0.720. The molecule has 16 heteroatoms. The molecule has 66 heavy (non-hydrogen) atoms. The summed E-state index contributed by atoms with van der Waals surface area (Å²) in [6.45, 7) is 1.10. The first-order valence-electron chi connectivity index (χ1n) is 23.7. The van der Waals surface area contributed by atoms with Gasteiger partial charge in [-0.2, -0.15) is 0 Å². The molecule has 0 radical (unpaired) electrons. The molecule has 0 aliphatic heterocycles. The molecule has 4 saturated carbocycles. The molecule has 0 aromatic heterocycles. The minimum atomic E-state index is -0.830. The number of hydrogen-bond acceptors (Lipinski definition) is 13. The molecule has 4 fully saturated rings. The first-order chi connectivity index (χ1) is 31.6. The summed E-state index contributed by atoms with van der Waals surface area (Å²) >= 11 is 0. The van der Waals surface area contributed by atoms with Crippen LogP contribution in [0.25, 0.3) is 0 Å². The Kier molecular flexibility index (Phi) is 32.3. The highest BCUT2D eigenvalue weighted by Gasteiger charge is 2.37. The second-order valence-electron chi connectivity index (χ2n) is 17.6. The van der Waals surface area contributed by atoms with Gasteiger partial charge >= 0.3 is 23.9 Å². The molecule has 4 aliphatic carbocycles. The molecule has 0 heterocycles. The van der Waals surface area contributed by atoms with Crippen molar-refractivity contribution in [2.75, 3.05) is 40.6 Å². The van der Waals surface area contributed by atoms with Gasteiger partial charge in [-0.15, -0.1) is 0 Å². The number of carbonyl (C=O) groups is 8. The third kappa shape index (κ3) is 24.9. The Bertz CT molecular complexity index is 1580. The van der Waals surface area contributed by atoms with Gasteiger partial charge in [0.1, 0.15) is 23.1 Å². The summed E-state index contributed by atoms with van der Waals surface area (Å²) in [7, 11) is 3.02. The van der Waals surface area contributed by atoms with E-state index in [1.807, 2.05) is 36.5 Å². The third-order valence-electron chi connectivity index (χ3n) is 12.9. The molecule has 0 spiro atoms. The quantitative estimate of drug-likeness (QED) is 0.0306. The van der Waals surface area contributed by atoms with Crippen molar-refractivity contribution in [2.24, 2.45) is 47.3 Å². The molecule has 0 bridgehead atoms. The van der Waals surface area contributed by atoms with Crippen molar-refractivity contribution >= 4 is 47.0 Å². The number of aliphatic carboxylic acids is 3. The van der Waals surface area contributed by atoms with E-state index in [4.69, 9.17) is 35.4 Å². The molecule has 0 saturated heterocycles. The maximum absolute atomic E-state index is 11.7. The van der Waals surface area contributed by atoms with Gasteiger partial charge in [0.25, 0.3) is 0 Å². The molecule has 6 N–H and O–H groups in total. The van der Waals surface area contributed by atoms with Crippen LogP contribution in [0.15, 0.2) is 36.5 Å². The van der Waals surface area contributed by atoms with Gasteiger partial charge < -0.3 is 40.1 Å². The van der Waals surface area contributed by atoms with E-state index in [9.17, 15) is 38.4 Å². The minimum Gasteiger partial charge on any atom is -0.481 e. The van der Waals surface area contributed by atoms with E-state index in [1.54, 1.807) is 7.11 Å². The van der Waals surface area contributed by atoms with Crippen LogP contribution in [-0.4, -0.2) is 118 Å². The van der Waals surface area contributed by atoms with Gasteiger partial charge in [-0.25, -0.2) is 0 Å². The normalized spacial score (nSPS) is 24.9. The van der Waals surface area contributed by atoms with Crippen molar-refractivity contribution < 1.29 is 78.5 Å². The molecule has 0 aromatic carbocycles. The van der Waals surface area contributed by atoms with Crippen LogP contribution in [0.5, 0.6) is 0 Å². The van der Waals surface area contributed by atoms with Gasteiger partial charge in [0.15, 0.2) is 0 Å². The first kappa shape index (κ1) is 59.6. The number of carboxylic acids is 3. The lowest BCUT2D eigenvalue weighted by molar-refractivity contribution is -0.142. The number of Topliss-reactive ketones (excluding diaryl/α,β-unsaturated/α-hetero) is 4. The summed E-state index contributed by atoms with van der Waals surface area (Å²) in [6.07, 6.45) is 24.6. The molecule has 8 atom stereocenters. The average Bonchev–Trinajstić information content (AvgIpc) is 4.02. The molecule has 0 amide bonds. The van der Waals surface area contributed by atoms with Crippen LogP contribution in [0, 0.1) is 47.3 Å². The summed E-state index contributed by atoms with van der Waals surface area (Å²) in [4.78, 5) is 89.6. The summed E-state index contributed by atoms with van der Waals surface area (Å²) in [5.41, 5.74) is 0. The van der Waals surface area contributed by atoms with Crippen molar-refractivity contribution in [2.45, 2.75) is 141 Å². The smallest absolute Gasteiger partial charge is 0.305 e. The van der Waals surface area contributed by atoms with E-state index in [-0.39, 0.29) is 116 Å². The Hall–Kier alpha value is -4.38. The van der Waals surface area contributed by atoms with Crippen molar-refractivity contribution in [3.63, 3.8) is 0 Å². The van der Waals surface area contributed by atoms with E-state index in [0.29, 0.717) is 77.2 Å². The predicted octanol–water partition coefficient (Wildman–Crippen LogP) is 6.51. The topological polar surface area (TPSA) is 276 Å². The second kappa shape index (κ2) is 35.8. The summed E-state index contributed by atoms with van der Waals surface area (Å²) in [5.74, 6) is -1.97. The summed E-state index contributed by atoms with van der Waals surface area (Å²) in [5, 5.41) is 52.1. The van der Waals surface area contributed by atoms with Gasteiger partial charge in [-0.05, 0) is 101 Å². The number of methoxy groups -OCH3 is 2. The number of rotatable bonds is 26. The molecule has 374 valence electrons. The molecule has 16 nitrogen and oxygen atoms in total. The first-order valence-corrected chi connectivity index (χ1v) is 23.7. The van der Waals surface area contributed by atoms with Crippen molar-refractivity contribution in [1.82, 2.24) is 0 Å². The maximum Gasteiger partial charge on any atom is 0.305 e. The number of aliphatic hydroxyl groups excluding tert-OH is 3. The fourth-order valence-corrected chi connectivity index (χ4v) is 9.29. The zero-order chi connectivity index (χ0) is 49.3. The fourth-order valence-electron chi connectivity index (χ4n) is 9.29. The lowest BCUT2D eigenvalue weighted by Crippen LogP contribution is -2.18. The number of ketones is 4. The van der Waals surface area contributed by atoms with Crippen LogP contribution in [0.1, 0.15) is 141 Å². The largest absolute Gasteiger partial charge is 0.481 e. The number of carbonyl (C=O) groups excluding carboxylic acids is 5. The third-order valence-corrected chi connectivity index (χ3v) is 12.9. The number of allylic oxidation sites excluding steroid dienone is 3. The average molecular weight is 935 g/mol. The zero-order valence-corrected chi connectivity index (χ0v) is 39.2. The Morgan fingerprint density at radius 3 is 1.20 bits per heavy atom. The van der Waals surface area contributed by atoms with Crippen LogP contribution in [0.3, 0.4) is 0 Å². The standard InChI is InChI=1S/2C13H20O4.C12H20O4.C12H18O4/c1-17-8-4-2-3-5-11-10(9-13(15)16)6-7-12(11)14;1-17-13(16)9-10-6-7-12(15)11(10)5-3-2-4-8-14;2*13-7-3-1-2-4-10-9(8-12(15)16)5-6-11(10)14/h2-3,10-11H,4-9H2,1H3,(H,15,16);2-3,10-11,14H,4-9H2,1H3;9-10,13H,1-8H2,(H,15,16);1-2,9-10,13H,3-8H2,(H,15,16)/b2*3-2-;;2-1-. The number of esters is 1. The molecule has 0 aromatic rings. The number of hydrogen-bond donors (Lipinski definition) is 6. The van der Waals surface area contributed by atoms with E-state index in [0.717, 1.165) is 51.4 Å². The Morgan fingerprint density at radius 2 is 0.848 bits per heavy atom. The van der Waals surface area contributed by atoms with Crippen molar-refractivity contribution in [3.8, 4) is 0 Å². The van der Waals surface area contributed by atoms with Crippen molar-refractivity contribution in [3.05, 3.63) is 36.5 Å².